The number of benzene rings is 2. The average molecular weight is 295 g/mol. The predicted molar refractivity (Wildman–Crippen MR) is 82.6 cm³/mol. The first kappa shape index (κ1) is 12.5. The molecule has 112 valence electrons. The molecular weight excluding hydrogens is 278 g/mol. The van der Waals surface area contributed by atoms with Crippen LogP contribution in [0.5, 0.6) is 11.5 Å². The highest BCUT2D eigenvalue weighted by molar-refractivity contribution is 5.83. The third-order valence-electron chi connectivity index (χ3n) is 5.31. The molecule has 0 amide bonds. The Bertz CT molecular complexity index is 797. The molecule has 5 rings (SSSR count). The zero-order valence-corrected chi connectivity index (χ0v) is 12.5. The van der Waals surface area contributed by atoms with Crippen molar-refractivity contribution in [3.8, 4) is 22.6 Å². The van der Waals surface area contributed by atoms with Crippen LogP contribution in [0.25, 0.3) is 11.1 Å². The van der Waals surface area contributed by atoms with Crippen molar-refractivity contribution in [1.29, 1.82) is 0 Å². The topological polar surface area (TPSA) is 41.5 Å². The van der Waals surface area contributed by atoms with Gasteiger partial charge in [0.05, 0.1) is 13.6 Å². The highest BCUT2D eigenvalue weighted by Crippen LogP contribution is 2.54. The number of hydroxylamine groups is 3. The van der Waals surface area contributed by atoms with Gasteiger partial charge >= 0.3 is 0 Å². The van der Waals surface area contributed by atoms with Crippen LogP contribution in [0.1, 0.15) is 22.7 Å². The van der Waals surface area contributed by atoms with Crippen molar-refractivity contribution in [2.45, 2.75) is 18.9 Å². The van der Waals surface area contributed by atoms with Gasteiger partial charge in [0, 0.05) is 24.0 Å². The van der Waals surface area contributed by atoms with Crippen LogP contribution in [0.2, 0.25) is 0 Å². The van der Waals surface area contributed by atoms with E-state index in [-0.39, 0.29) is 17.5 Å². The number of fused-ring (bicyclic) bond motifs is 4. The van der Waals surface area contributed by atoms with Crippen LogP contribution in [0.3, 0.4) is 0 Å². The van der Waals surface area contributed by atoms with Crippen molar-refractivity contribution < 1.29 is 14.1 Å². The van der Waals surface area contributed by atoms with Gasteiger partial charge in [-0.2, -0.15) is 0 Å². The predicted octanol–water partition coefficient (Wildman–Crippen LogP) is 3.18. The van der Waals surface area contributed by atoms with Gasteiger partial charge in [-0.3, -0.25) is 0 Å². The number of hydrogen-bond donors (Lipinski definition) is 0. The van der Waals surface area contributed by atoms with Gasteiger partial charge in [-0.15, -0.1) is 0 Å². The Kier molecular flexibility index (Phi) is 2.29. The molecule has 2 aliphatic heterocycles. The Morgan fingerprint density at radius 1 is 1.18 bits per heavy atom. The minimum Gasteiger partial charge on any atom is -0.633 e. The number of hydrogen-bond acceptors (Lipinski definition) is 3. The van der Waals surface area contributed by atoms with E-state index in [1.54, 1.807) is 7.05 Å². The molecule has 0 bridgehead atoms. The summed E-state index contributed by atoms with van der Waals surface area (Å²) in [4.78, 5) is 0. The number of rotatable bonds is 0. The van der Waals surface area contributed by atoms with Crippen molar-refractivity contribution in [2.24, 2.45) is 0 Å². The van der Waals surface area contributed by atoms with Crippen molar-refractivity contribution in [3.05, 3.63) is 52.2 Å². The van der Waals surface area contributed by atoms with Gasteiger partial charge in [-0.25, -0.2) is 0 Å². The molecule has 4 nitrogen and oxygen atoms in total. The Hall–Kier alpha value is -2.04. The van der Waals surface area contributed by atoms with Crippen LogP contribution in [0, 0.1) is 5.21 Å². The first-order valence-corrected chi connectivity index (χ1v) is 7.75. The summed E-state index contributed by atoms with van der Waals surface area (Å²) in [6, 6.07) is 10.4. The largest absolute Gasteiger partial charge is 0.633 e. The second kappa shape index (κ2) is 4.03. The molecule has 0 spiro atoms. The fourth-order valence-electron chi connectivity index (χ4n) is 4.18. The Morgan fingerprint density at radius 2 is 2.05 bits per heavy atom. The van der Waals surface area contributed by atoms with Gasteiger partial charge in [0.15, 0.2) is 11.5 Å². The van der Waals surface area contributed by atoms with Gasteiger partial charge in [0.25, 0.3) is 0 Å². The normalized spacial score (nSPS) is 27.3. The van der Waals surface area contributed by atoms with Crippen molar-refractivity contribution in [2.75, 3.05) is 20.4 Å². The van der Waals surface area contributed by atoms with Gasteiger partial charge in [0.2, 0.25) is 6.79 Å². The van der Waals surface area contributed by atoms with Crippen molar-refractivity contribution in [1.82, 2.24) is 0 Å². The Morgan fingerprint density at radius 3 is 2.95 bits per heavy atom. The fourth-order valence-corrected chi connectivity index (χ4v) is 4.18. The van der Waals surface area contributed by atoms with E-state index in [2.05, 4.69) is 24.3 Å². The average Bonchev–Trinajstić information content (AvgIpc) is 2.98. The van der Waals surface area contributed by atoms with E-state index in [4.69, 9.17) is 9.47 Å². The molecule has 2 atom stereocenters. The summed E-state index contributed by atoms with van der Waals surface area (Å²) in [6.45, 7) is 0.889. The van der Waals surface area contributed by atoms with E-state index < -0.39 is 0 Å². The van der Waals surface area contributed by atoms with E-state index in [0.717, 1.165) is 29.9 Å². The van der Waals surface area contributed by atoms with Crippen LogP contribution < -0.4 is 9.47 Å². The van der Waals surface area contributed by atoms with Crippen LogP contribution in [0.4, 0.5) is 0 Å². The summed E-state index contributed by atoms with van der Waals surface area (Å²) in [5.74, 6) is 1.64. The molecule has 0 aromatic heterocycles. The number of nitrogens with zero attached hydrogens (tertiary/aromatic N) is 1. The molecule has 1 aliphatic carbocycles. The van der Waals surface area contributed by atoms with Gasteiger partial charge in [0.1, 0.15) is 6.04 Å². The van der Waals surface area contributed by atoms with E-state index in [1.165, 1.54) is 22.3 Å². The summed E-state index contributed by atoms with van der Waals surface area (Å²) in [5.41, 5.74) is 5.96. The lowest BCUT2D eigenvalue weighted by atomic mass is 9.76. The molecule has 4 heteroatoms. The maximum atomic E-state index is 13.0. The lowest BCUT2D eigenvalue weighted by molar-refractivity contribution is -0.894. The lowest BCUT2D eigenvalue weighted by Gasteiger charge is -2.51. The quantitative estimate of drug-likeness (QED) is 0.553. The zero-order chi connectivity index (χ0) is 14.9. The molecule has 0 fully saturated rings. The van der Waals surface area contributed by atoms with Crippen LogP contribution in [-0.2, 0) is 12.8 Å². The van der Waals surface area contributed by atoms with Crippen molar-refractivity contribution in [3.63, 3.8) is 0 Å². The Labute approximate surface area is 129 Å². The van der Waals surface area contributed by atoms with E-state index >= 15 is 0 Å². The van der Waals surface area contributed by atoms with Crippen molar-refractivity contribution >= 4 is 0 Å². The van der Waals surface area contributed by atoms with Crippen LogP contribution in [0.15, 0.2) is 30.3 Å². The minimum atomic E-state index is -0.200. The minimum absolute atomic E-state index is 0.0388. The third-order valence-corrected chi connectivity index (χ3v) is 5.31. The summed E-state index contributed by atoms with van der Waals surface area (Å²) in [5, 5.41) is 13.0. The zero-order valence-electron chi connectivity index (χ0n) is 12.5. The molecular formula is C18H17NO3. The number of ether oxygens (including phenoxy) is 2. The smallest absolute Gasteiger partial charge is 0.231 e. The molecule has 2 aromatic carbocycles. The third kappa shape index (κ3) is 1.49. The number of quaternary nitrogens is 1. The van der Waals surface area contributed by atoms with Gasteiger partial charge < -0.3 is 19.3 Å². The molecule has 2 aromatic rings. The second-order valence-corrected chi connectivity index (χ2v) is 6.58. The first-order chi connectivity index (χ1) is 10.6. The van der Waals surface area contributed by atoms with E-state index in [9.17, 15) is 5.21 Å². The highest BCUT2D eigenvalue weighted by Gasteiger charge is 2.42. The molecule has 0 saturated carbocycles. The molecule has 3 aliphatic rings. The molecule has 2 heterocycles. The molecule has 0 N–H and O–H groups in total. The highest BCUT2D eigenvalue weighted by atomic mass is 16.7. The molecule has 0 saturated heterocycles. The Balaban J connectivity index is 1.89. The molecule has 22 heavy (non-hydrogen) atoms. The summed E-state index contributed by atoms with van der Waals surface area (Å²) in [7, 11) is 1.80. The summed E-state index contributed by atoms with van der Waals surface area (Å²) < 4.78 is 11.2. The fraction of sp³-hybridized carbons (Fsp3) is 0.333. The first-order valence-electron chi connectivity index (χ1n) is 7.75. The van der Waals surface area contributed by atoms with Gasteiger partial charge in [-0.1, -0.05) is 24.3 Å². The van der Waals surface area contributed by atoms with Crippen LogP contribution in [-0.4, -0.2) is 25.0 Å². The van der Waals surface area contributed by atoms with Gasteiger partial charge in [-0.05, 0) is 22.8 Å². The van der Waals surface area contributed by atoms with Crippen LogP contribution >= 0.6 is 0 Å². The molecule has 0 radical (unpaired) electrons. The maximum absolute atomic E-state index is 13.0. The summed E-state index contributed by atoms with van der Waals surface area (Å²) >= 11 is 0. The molecule has 0 unspecified atom stereocenters. The SMILES string of the molecule is C[N@@+]1([O-])CCc2cc3c(c4c2[C@H]1Cc1ccccc1-4)OCO3. The standard InChI is InChI=1S/C18H17NO3/c1-19(20)7-6-12-9-15-18(22-10-21-15)17-13-5-3-2-4-11(13)8-14(19)16(12)17/h2-5,9,14H,6-8,10H2,1H3/t14-,19-/m1/s1. The monoisotopic (exact) mass is 295 g/mol. The van der Waals surface area contributed by atoms with E-state index in [1.807, 2.05) is 6.07 Å². The lowest BCUT2D eigenvalue weighted by Crippen LogP contribution is -2.48. The van der Waals surface area contributed by atoms with E-state index in [0.29, 0.717) is 6.54 Å². The number of likely N-dealkylation sites (N-methyl/N-ethyl adjacent to an activating group) is 1. The maximum Gasteiger partial charge on any atom is 0.231 e. The second-order valence-electron chi connectivity index (χ2n) is 6.58. The summed E-state index contributed by atoms with van der Waals surface area (Å²) in [6.07, 6.45) is 1.60.